The van der Waals surface area contributed by atoms with Gasteiger partial charge in [-0.2, -0.15) is 0 Å². The number of halogens is 1. The van der Waals surface area contributed by atoms with Gasteiger partial charge < -0.3 is 19.3 Å². The molecule has 0 spiro atoms. The van der Waals surface area contributed by atoms with Gasteiger partial charge in [0.25, 0.3) is 0 Å². The molecular weight excluding hydrogens is 372 g/mol. The number of aromatic nitrogens is 2. The SMILES string of the molecule is COc1cc(Br)c(C[NH+]2CCN(c3ncccn3)CC2)cc1OC. The molecule has 3 rings (SSSR count). The highest BCUT2D eigenvalue weighted by atomic mass is 79.9. The Bertz CT molecular complexity index is 676. The zero-order valence-electron chi connectivity index (χ0n) is 14.0. The zero-order chi connectivity index (χ0) is 16.9. The second-order valence-corrected chi connectivity index (χ2v) is 6.62. The largest absolute Gasteiger partial charge is 0.493 e. The first-order valence-corrected chi connectivity index (χ1v) is 8.76. The first-order valence-electron chi connectivity index (χ1n) is 7.97. The molecule has 6 nitrogen and oxygen atoms in total. The molecule has 1 fully saturated rings. The summed E-state index contributed by atoms with van der Waals surface area (Å²) in [4.78, 5) is 12.5. The molecule has 1 aliphatic rings. The smallest absolute Gasteiger partial charge is 0.225 e. The Balaban J connectivity index is 1.64. The highest BCUT2D eigenvalue weighted by Gasteiger charge is 2.23. The van der Waals surface area contributed by atoms with Crippen LogP contribution in [0.5, 0.6) is 11.5 Å². The van der Waals surface area contributed by atoms with Crippen molar-refractivity contribution in [3.05, 3.63) is 40.6 Å². The molecule has 0 radical (unpaired) electrons. The normalized spacial score (nSPS) is 15.4. The molecule has 2 aromatic rings. The molecule has 7 heteroatoms. The molecule has 0 unspecified atom stereocenters. The fourth-order valence-corrected chi connectivity index (χ4v) is 3.42. The number of ether oxygens (including phenoxy) is 2. The summed E-state index contributed by atoms with van der Waals surface area (Å²) in [6.07, 6.45) is 3.59. The predicted octanol–water partition coefficient (Wildman–Crippen LogP) is 1.16. The average molecular weight is 394 g/mol. The van der Waals surface area contributed by atoms with E-state index in [0.29, 0.717) is 0 Å². The summed E-state index contributed by atoms with van der Waals surface area (Å²) < 4.78 is 11.8. The maximum absolute atomic E-state index is 5.42. The van der Waals surface area contributed by atoms with Gasteiger partial charge in [-0.15, -0.1) is 0 Å². The van der Waals surface area contributed by atoms with Crippen LogP contribution >= 0.6 is 15.9 Å². The van der Waals surface area contributed by atoms with E-state index < -0.39 is 0 Å². The molecule has 1 saturated heterocycles. The van der Waals surface area contributed by atoms with Crippen molar-refractivity contribution < 1.29 is 14.4 Å². The Morgan fingerprint density at radius 3 is 2.33 bits per heavy atom. The molecule has 128 valence electrons. The van der Waals surface area contributed by atoms with Crippen LogP contribution in [0.2, 0.25) is 0 Å². The lowest BCUT2D eigenvalue weighted by Gasteiger charge is -2.32. The molecular formula is C17H22BrN4O2+. The van der Waals surface area contributed by atoms with Crippen LogP contribution in [-0.4, -0.2) is 50.4 Å². The average Bonchev–Trinajstić information content (AvgIpc) is 2.64. The van der Waals surface area contributed by atoms with Crippen molar-refractivity contribution in [1.82, 2.24) is 9.97 Å². The summed E-state index contributed by atoms with van der Waals surface area (Å²) in [5, 5.41) is 0. The van der Waals surface area contributed by atoms with Gasteiger partial charge in [0.05, 0.1) is 40.4 Å². The Morgan fingerprint density at radius 2 is 1.71 bits per heavy atom. The van der Waals surface area contributed by atoms with Crippen LogP contribution in [0.25, 0.3) is 0 Å². The second-order valence-electron chi connectivity index (χ2n) is 5.76. The summed E-state index contributed by atoms with van der Waals surface area (Å²) in [5.41, 5.74) is 1.23. The first-order chi connectivity index (χ1) is 11.7. The predicted molar refractivity (Wildman–Crippen MR) is 95.9 cm³/mol. The van der Waals surface area contributed by atoms with Crippen LogP contribution in [0.4, 0.5) is 5.95 Å². The third kappa shape index (κ3) is 3.79. The van der Waals surface area contributed by atoms with Crippen LogP contribution in [0.15, 0.2) is 35.1 Å². The van der Waals surface area contributed by atoms with Crippen molar-refractivity contribution in [1.29, 1.82) is 0 Å². The third-order valence-electron chi connectivity index (χ3n) is 4.30. The number of piperazine rings is 1. The number of anilines is 1. The van der Waals surface area contributed by atoms with E-state index in [1.165, 1.54) is 10.5 Å². The summed E-state index contributed by atoms with van der Waals surface area (Å²) in [5.74, 6) is 2.34. The van der Waals surface area contributed by atoms with E-state index in [2.05, 4.69) is 36.9 Å². The van der Waals surface area contributed by atoms with E-state index in [-0.39, 0.29) is 0 Å². The van der Waals surface area contributed by atoms with Crippen molar-refractivity contribution in [3.63, 3.8) is 0 Å². The molecule has 1 aliphatic heterocycles. The lowest BCUT2D eigenvalue weighted by Crippen LogP contribution is -3.13. The first kappa shape index (κ1) is 17.0. The van der Waals surface area contributed by atoms with Crippen LogP contribution in [0, 0.1) is 0 Å². The Hall–Kier alpha value is -1.86. The van der Waals surface area contributed by atoms with Gasteiger partial charge in [0.1, 0.15) is 6.54 Å². The highest BCUT2D eigenvalue weighted by Crippen LogP contribution is 2.32. The van der Waals surface area contributed by atoms with Gasteiger partial charge in [0.2, 0.25) is 5.95 Å². The number of nitrogens with zero attached hydrogens (tertiary/aromatic N) is 3. The van der Waals surface area contributed by atoms with Gasteiger partial charge in [-0.05, 0) is 18.2 Å². The van der Waals surface area contributed by atoms with Gasteiger partial charge in [-0.1, -0.05) is 15.9 Å². The number of methoxy groups -OCH3 is 2. The fraction of sp³-hybridized carbons (Fsp3) is 0.412. The quantitative estimate of drug-likeness (QED) is 0.825. The van der Waals surface area contributed by atoms with E-state index in [9.17, 15) is 0 Å². The van der Waals surface area contributed by atoms with Crippen LogP contribution in [0.3, 0.4) is 0 Å². The van der Waals surface area contributed by atoms with Crippen molar-refractivity contribution in [3.8, 4) is 11.5 Å². The standard InChI is InChI=1S/C17H21BrN4O2/c1-23-15-10-13(14(18)11-16(15)24-2)12-21-6-8-22(9-7-21)17-19-4-3-5-20-17/h3-5,10-11H,6-9,12H2,1-2H3/p+1. The number of hydrogen-bond donors (Lipinski definition) is 1. The minimum absolute atomic E-state index is 0.745. The molecule has 1 N–H and O–H groups in total. The maximum Gasteiger partial charge on any atom is 0.225 e. The highest BCUT2D eigenvalue weighted by molar-refractivity contribution is 9.10. The number of rotatable bonds is 5. The van der Waals surface area contributed by atoms with Crippen LogP contribution in [-0.2, 0) is 6.54 Å². The Morgan fingerprint density at radius 1 is 1.08 bits per heavy atom. The number of nitrogens with one attached hydrogen (secondary N) is 1. The molecule has 0 saturated carbocycles. The number of quaternary nitrogens is 1. The van der Waals surface area contributed by atoms with E-state index in [0.717, 1.165) is 54.6 Å². The maximum atomic E-state index is 5.42. The molecule has 24 heavy (non-hydrogen) atoms. The molecule has 1 aromatic carbocycles. The lowest BCUT2D eigenvalue weighted by atomic mass is 10.1. The molecule has 0 aliphatic carbocycles. The fourth-order valence-electron chi connectivity index (χ4n) is 2.96. The zero-order valence-corrected chi connectivity index (χ0v) is 15.5. The van der Waals surface area contributed by atoms with E-state index in [1.807, 2.05) is 12.1 Å². The summed E-state index contributed by atoms with van der Waals surface area (Å²) in [7, 11) is 3.32. The van der Waals surface area contributed by atoms with Crippen molar-refractivity contribution in [2.24, 2.45) is 0 Å². The molecule has 0 atom stereocenters. The molecule has 0 bridgehead atoms. The van der Waals surface area contributed by atoms with Gasteiger partial charge in [0, 0.05) is 22.4 Å². The second kappa shape index (κ2) is 7.81. The van der Waals surface area contributed by atoms with E-state index >= 15 is 0 Å². The molecule has 0 amide bonds. The van der Waals surface area contributed by atoms with Crippen molar-refractivity contribution in [2.75, 3.05) is 45.3 Å². The van der Waals surface area contributed by atoms with E-state index in [1.54, 1.807) is 26.6 Å². The van der Waals surface area contributed by atoms with Gasteiger partial charge in [-0.25, -0.2) is 9.97 Å². The monoisotopic (exact) mass is 393 g/mol. The molecule has 2 heterocycles. The van der Waals surface area contributed by atoms with Crippen molar-refractivity contribution in [2.45, 2.75) is 6.54 Å². The lowest BCUT2D eigenvalue weighted by molar-refractivity contribution is -0.914. The Labute approximate surface area is 150 Å². The topological polar surface area (TPSA) is 51.9 Å². The summed E-state index contributed by atoms with van der Waals surface area (Å²) in [6, 6.07) is 5.88. The minimum Gasteiger partial charge on any atom is -0.493 e. The number of hydrogen-bond acceptors (Lipinski definition) is 5. The minimum atomic E-state index is 0.745. The van der Waals surface area contributed by atoms with Gasteiger partial charge >= 0.3 is 0 Å². The van der Waals surface area contributed by atoms with E-state index in [4.69, 9.17) is 9.47 Å². The van der Waals surface area contributed by atoms with Crippen LogP contribution < -0.4 is 19.3 Å². The van der Waals surface area contributed by atoms with Crippen LogP contribution in [0.1, 0.15) is 5.56 Å². The summed E-state index contributed by atoms with van der Waals surface area (Å²) >= 11 is 3.65. The number of benzene rings is 1. The van der Waals surface area contributed by atoms with Gasteiger partial charge in [0.15, 0.2) is 11.5 Å². The third-order valence-corrected chi connectivity index (χ3v) is 5.04. The Kier molecular flexibility index (Phi) is 5.52. The summed E-state index contributed by atoms with van der Waals surface area (Å²) in [6.45, 7) is 4.98. The molecule has 1 aromatic heterocycles. The van der Waals surface area contributed by atoms with Crippen molar-refractivity contribution >= 4 is 21.9 Å². The van der Waals surface area contributed by atoms with Gasteiger partial charge in [-0.3, -0.25) is 0 Å².